The van der Waals surface area contributed by atoms with Crippen molar-refractivity contribution in [3.05, 3.63) is 24.3 Å². The van der Waals surface area contributed by atoms with E-state index in [1.807, 2.05) is 11.8 Å². The second-order valence-corrected chi connectivity index (χ2v) is 10.4. The van der Waals surface area contributed by atoms with Crippen LogP contribution in [0, 0.1) is 0 Å². The fourth-order valence-electron chi connectivity index (χ4n) is 2.64. The van der Waals surface area contributed by atoms with Gasteiger partial charge in [0.15, 0.2) is 15.8 Å². The summed E-state index contributed by atoms with van der Waals surface area (Å²) in [6.07, 6.45) is 1.19. The van der Waals surface area contributed by atoms with Gasteiger partial charge in [-0.25, -0.2) is 8.42 Å². The van der Waals surface area contributed by atoms with Crippen molar-refractivity contribution in [2.45, 2.75) is 23.5 Å². The first-order valence-electron chi connectivity index (χ1n) is 8.24. The number of benzene rings is 1. The molecule has 1 heterocycles. The molecule has 1 aromatic carbocycles. The summed E-state index contributed by atoms with van der Waals surface area (Å²) in [5, 5.41) is 3.33. The number of rotatable bonds is 5. The van der Waals surface area contributed by atoms with Gasteiger partial charge < -0.3 is 15.0 Å². The molecular weight excluding hydrogens is 485 g/mol. The molecule has 1 aromatic rings. The predicted octanol–water partition coefficient (Wildman–Crippen LogP) is 2.49. The number of halogens is 1. The van der Waals surface area contributed by atoms with E-state index in [0.717, 1.165) is 24.8 Å². The molecule has 1 N–H and O–H groups in total. The van der Waals surface area contributed by atoms with E-state index < -0.39 is 9.84 Å². The Hall–Kier alpha value is -0.680. The van der Waals surface area contributed by atoms with E-state index in [1.165, 1.54) is 6.26 Å². The highest BCUT2D eigenvalue weighted by molar-refractivity contribution is 14.0. The van der Waals surface area contributed by atoms with Crippen molar-refractivity contribution >= 4 is 51.5 Å². The zero-order chi connectivity index (χ0) is 18.5. The van der Waals surface area contributed by atoms with Crippen molar-refractivity contribution < 1.29 is 13.2 Å². The minimum atomic E-state index is -3.17. The molecule has 0 radical (unpaired) electrons. The summed E-state index contributed by atoms with van der Waals surface area (Å²) in [4.78, 5) is 6.93. The number of thioether (sulfide) groups is 1. The van der Waals surface area contributed by atoms with Crippen LogP contribution in [0.2, 0.25) is 0 Å². The summed E-state index contributed by atoms with van der Waals surface area (Å²) >= 11 is 1.99. The standard InChI is InChI=1S/C17H27N3O3S2.HI/c1-17(2)13-20(10-12-24-17)16(18-3)19-9-11-23-14-5-7-15(8-6-14)25(4,21)22;/h5-8H,9-13H2,1-4H3,(H,18,19);1H. The van der Waals surface area contributed by atoms with Crippen LogP contribution in [0.1, 0.15) is 13.8 Å². The molecule has 0 atom stereocenters. The van der Waals surface area contributed by atoms with E-state index in [1.54, 1.807) is 31.3 Å². The molecular formula is C17H28IN3O3S2. The summed E-state index contributed by atoms with van der Waals surface area (Å²) in [7, 11) is -1.38. The maximum Gasteiger partial charge on any atom is 0.193 e. The van der Waals surface area contributed by atoms with Crippen LogP contribution in [0.5, 0.6) is 5.75 Å². The molecule has 1 aliphatic rings. The van der Waals surface area contributed by atoms with Gasteiger partial charge in [-0.2, -0.15) is 11.8 Å². The Morgan fingerprint density at radius 2 is 2.00 bits per heavy atom. The van der Waals surface area contributed by atoms with Crippen molar-refractivity contribution in [3.63, 3.8) is 0 Å². The van der Waals surface area contributed by atoms with Crippen LogP contribution in [-0.2, 0) is 9.84 Å². The lowest BCUT2D eigenvalue weighted by atomic mass is 10.2. The van der Waals surface area contributed by atoms with Gasteiger partial charge in [0, 0.05) is 36.9 Å². The molecule has 0 amide bonds. The van der Waals surface area contributed by atoms with Crippen LogP contribution in [0.25, 0.3) is 0 Å². The van der Waals surface area contributed by atoms with Crippen LogP contribution in [0.15, 0.2) is 34.2 Å². The van der Waals surface area contributed by atoms with Gasteiger partial charge in [0.25, 0.3) is 0 Å². The molecule has 0 aromatic heterocycles. The van der Waals surface area contributed by atoms with Gasteiger partial charge in [0.1, 0.15) is 12.4 Å². The quantitative estimate of drug-likeness (QED) is 0.283. The number of hydrogen-bond donors (Lipinski definition) is 1. The molecule has 2 rings (SSSR count). The first-order chi connectivity index (χ1) is 11.7. The Kier molecular flexibility index (Phi) is 9.01. The molecule has 0 unspecified atom stereocenters. The minimum absolute atomic E-state index is 0. The molecule has 0 spiro atoms. The van der Waals surface area contributed by atoms with E-state index in [9.17, 15) is 8.42 Å². The molecule has 0 aliphatic carbocycles. The summed E-state index contributed by atoms with van der Waals surface area (Å²) in [6, 6.07) is 6.47. The minimum Gasteiger partial charge on any atom is -0.492 e. The molecule has 9 heteroatoms. The van der Waals surface area contributed by atoms with Crippen LogP contribution < -0.4 is 10.1 Å². The third kappa shape index (κ3) is 7.15. The molecule has 1 aliphatic heterocycles. The van der Waals surface area contributed by atoms with Gasteiger partial charge in [-0.15, -0.1) is 24.0 Å². The van der Waals surface area contributed by atoms with E-state index in [-0.39, 0.29) is 28.7 Å². The average Bonchev–Trinajstić information content (AvgIpc) is 2.53. The Labute approximate surface area is 178 Å². The number of nitrogens with one attached hydrogen (secondary N) is 1. The Balaban J connectivity index is 0.00000338. The van der Waals surface area contributed by atoms with Crippen LogP contribution in [0.3, 0.4) is 0 Å². The summed E-state index contributed by atoms with van der Waals surface area (Å²) in [5.41, 5.74) is 0. The lowest BCUT2D eigenvalue weighted by Gasteiger charge is -2.39. The van der Waals surface area contributed by atoms with Gasteiger partial charge in [0.2, 0.25) is 0 Å². The van der Waals surface area contributed by atoms with Crippen molar-refractivity contribution in [1.82, 2.24) is 10.2 Å². The molecule has 1 fully saturated rings. The highest BCUT2D eigenvalue weighted by Gasteiger charge is 2.28. The van der Waals surface area contributed by atoms with Crippen molar-refractivity contribution in [3.8, 4) is 5.75 Å². The van der Waals surface area contributed by atoms with Gasteiger partial charge >= 0.3 is 0 Å². The Morgan fingerprint density at radius 3 is 2.54 bits per heavy atom. The zero-order valence-electron chi connectivity index (χ0n) is 15.7. The Morgan fingerprint density at radius 1 is 1.35 bits per heavy atom. The molecule has 0 bridgehead atoms. The van der Waals surface area contributed by atoms with Crippen LogP contribution in [-0.4, -0.2) is 69.3 Å². The lowest BCUT2D eigenvalue weighted by Crippen LogP contribution is -2.51. The van der Waals surface area contributed by atoms with Crippen molar-refractivity contribution in [2.75, 3.05) is 45.3 Å². The maximum absolute atomic E-state index is 11.4. The number of aliphatic imine (C=N–C) groups is 1. The molecule has 6 nitrogen and oxygen atoms in total. The summed E-state index contributed by atoms with van der Waals surface area (Å²) in [6.45, 7) is 7.56. The first-order valence-corrected chi connectivity index (χ1v) is 11.1. The highest BCUT2D eigenvalue weighted by Crippen LogP contribution is 2.29. The second kappa shape index (κ2) is 10.0. The number of ether oxygens (including phenoxy) is 1. The SMILES string of the molecule is CN=C(NCCOc1ccc(S(C)(=O)=O)cc1)N1CCSC(C)(C)C1.I. The largest absolute Gasteiger partial charge is 0.492 e. The fraction of sp³-hybridized carbons (Fsp3) is 0.588. The zero-order valence-corrected chi connectivity index (χ0v) is 19.7. The third-order valence-electron chi connectivity index (χ3n) is 3.84. The summed E-state index contributed by atoms with van der Waals surface area (Å²) in [5.74, 6) is 2.64. The summed E-state index contributed by atoms with van der Waals surface area (Å²) < 4.78 is 28.8. The predicted molar refractivity (Wildman–Crippen MR) is 120 cm³/mol. The molecule has 1 saturated heterocycles. The smallest absolute Gasteiger partial charge is 0.193 e. The molecule has 0 saturated carbocycles. The lowest BCUT2D eigenvalue weighted by molar-refractivity contribution is 0.315. The topological polar surface area (TPSA) is 71.0 Å². The first kappa shape index (κ1) is 23.4. The normalized spacial score (nSPS) is 17.4. The number of nitrogens with zero attached hydrogens (tertiary/aromatic N) is 2. The van der Waals surface area contributed by atoms with Crippen LogP contribution in [0.4, 0.5) is 0 Å². The van der Waals surface area contributed by atoms with E-state index in [2.05, 4.69) is 29.1 Å². The molecule has 148 valence electrons. The number of sulfone groups is 1. The van der Waals surface area contributed by atoms with Gasteiger partial charge in [-0.3, -0.25) is 4.99 Å². The van der Waals surface area contributed by atoms with Gasteiger partial charge in [-0.05, 0) is 38.1 Å². The van der Waals surface area contributed by atoms with E-state index in [0.29, 0.717) is 23.8 Å². The van der Waals surface area contributed by atoms with Crippen LogP contribution >= 0.6 is 35.7 Å². The third-order valence-corrected chi connectivity index (χ3v) is 6.27. The number of hydrogen-bond acceptors (Lipinski definition) is 5. The van der Waals surface area contributed by atoms with E-state index in [4.69, 9.17) is 4.74 Å². The van der Waals surface area contributed by atoms with E-state index >= 15 is 0 Å². The highest BCUT2D eigenvalue weighted by atomic mass is 127. The van der Waals surface area contributed by atoms with Gasteiger partial charge in [-0.1, -0.05) is 0 Å². The van der Waals surface area contributed by atoms with Crippen molar-refractivity contribution in [1.29, 1.82) is 0 Å². The Bertz CT molecular complexity index is 706. The maximum atomic E-state index is 11.4. The molecule has 26 heavy (non-hydrogen) atoms. The second-order valence-electron chi connectivity index (χ2n) is 6.60. The number of guanidine groups is 1. The fourth-order valence-corrected chi connectivity index (χ4v) is 4.39. The average molecular weight is 513 g/mol. The van der Waals surface area contributed by atoms with Gasteiger partial charge in [0.05, 0.1) is 11.4 Å². The van der Waals surface area contributed by atoms with Crippen molar-refractivity contribution in [2.24, 2.45) is 4.99 Å². The monoisotopic (exact) mass is 513 g/mol.